The smallest absolute Gasteiger partial charge is 0.416 e. The fraction of sp³-hybridized carbons (Fsp3) is 0.0588. The molecule has 0 aliphatic rings. The minimum absolute atomic E-state index is 0.317. The second-order valence-corrected chi connectivity index (χ2v) is 5.43. The molecule has 0 saturated carbocycles. The summed E-state index contributed by atoms with van der Waals surface area (Å²) in [6.07, 6.45) is -2.86. The summed E-state index contributed by atoms with van der Waals surface area (Å²) in [6.45, 7) is 0. The number of furan rings is 1. The summed E-state index contributed by atoms with van der Waals surface area (Å²) in [5, 5.41) is 4.27. The van der Waals surface area contributed by atoms with Crippen LogP contribution in [0, 0.1) is 0 Å². The van der Waals surface area contributed by atoms with E-state index < -0.39 is 11.7 Å². The molecular formula is C17H11F3N4O. The molecule has 0 spiro atoms. The third-order valence-corrected chi connectivity index (χ3v) is 3.75. The van der Waals surface area contributed by atoms with Crippen molar-refractivity contribution in [2.45, 2.75) is 6.18 Å². The van der Waals surface area contributed by atoms with Crippen molar-refractivity contribution in [3.8, 4) is 22.7 Å². The molecule has 0 unspecified atom stereocenters. The largest absolute Gasteiger partial charge is 0.461 e. The molecule has 8 heteroatoms. The number of nitrogen functional groups attached to an aromatic ring is 1. The van der Waals surface area contributed by atoms with Gasteiger partial charge in [0.15, 0.2) is 11.4 Å². The quantitative estimate of drug-likeness (QED) is 0.590. The Morgan fingerprint density at radius 1 is 1.00 bits per heavy atom. The fourth-order valence-electron chi connectivity index (χ4n) is 2.54. The highest BCUT2D eigenvalue weighted by molar-refractivity contribution is 5.72. The molecule has 1 aromatic carbocycles. The normalized spacial score (nSPS) is 12.0. The molecule has 0 bridgehead atoms. The zero-order valence-electron chi connectivity index (χ0n) is 12.7. The van der Waals surface area contributed by atoms with Crippen LogP contribution in [0.4, 0.5) is 19.0 Å². The van der Waals surface area contributed by atoms with Gasteiger partial charge in [-0.25, -0.2) is 4.98 Å². The summed E-state index contributed by atoms with van der Waals surface area (Å²) in [5.41, 5.74) is 7.03. The molecule has 0 fully saturated rings. The van der Waals surface area contributed by atoms with Crippen molar-refractivity contribution in [3.63, 3.8) is 0 Å². The van der Waals surface area contributed by atoms with Crippen LogP contribution in [0.3, 0.4) is 0 Å². The number of nitrogens with two attached hydrogens (primary N) is 1. The second-order valence-electron chi connectivity index (χ2n) is 5.43. The SMILES string of the molecule is Nc1cc(-c2ccc(C(F)(F)F)cc2)cc2nc(-c3ccco3)nn12. The Balaban J connectivity index is 1.78. The highest BCUT2D eigenvalue weighted by Crippen LogP contribution is 2.32. The number of halogens is 3. The number of fused-ring (bicyclic) bond motifs is 1. The second kappa shape index (κ2) is 5.37. The summed E-state index contributed by atoms with van der Waals surface area (Å²) in [6, 6.07) is 11.7. The first kappa shape index (κ1) is 15.3. The molecule has 3 aromatic heterocycles. The van der Waals surface area contributed by atoms with Crippen LogP contribution in [0.5, 0.6) is 0 Å². The van der Waals surface area contributed by atoms with Crippen LogP contribution in [-0.4, -0.2) is 14.6 Å². The van der Waals surface area contributed by atoms with Gasteiger partial charge in [-0.2, -0.15) is 17.7 Å². The molecule has 2 N–H and O–H groups in total. The lowest BCUT2D eigenvalue weighted by Crippen LogP contribution is -2.04. The summed E-state index contributed by atoms with van der Waals surface area (Å²) in [5.74, 6) is 1.19. The monoisotopic (exact) mass is 344 g/mol. The first-order valence-electron chi connectivity index (χ1n) is 7.29. The molecule has 4 aromatic rings. The lowest BCUT2D eigenvalue weighted by atomic mass is 10.0. The van der Waals surface area contributed by atoms with Crippen molar-refractivity contribution in [3.05, 3.63) is 60.4 Å². The van der Waals surface area contributed by atoms with Gasteiger partial charge < -0.3 is 10.2 Å². The summed E-state index contributed by atoms with van der Waals surface area (Å²) < 4.78 is 44.8. The molecule has 0 radical (unpaired) electrons. The Morgan fingerprint density at radius 2 is 1.76 bits per heavy atom. The van der Waals surface area contributed by atoms with Crippen molar-refractivity contribution in [1.82, 2.24) is 14.6 Å². The maximum absolute atomic E-state index is 12.7. The highest BCUT2D eigenvalue weighted by atomic mass is 19.4. The van der Waals surface area contributed by atoms with E-state index in [1.54, 1.807) is 24.3 Å². The van der Waals surface area contributed by atoms with Crippen LogP contribution < -0.4 is 5.73 Å². The summed E-state index contributed by atoms with van der Waals surface area (Å²) >= 11 is 0. The van der Waals surface area contributed by atoms with Gasteiger partial charge >= 0.3 is 6.18 Å². The fourth-order valence-corrected chi connectivity index (χ4v) is 2.54. The first-order valence-corrected chi connectivity index (χ1v) is 7.29. The number of rotatable bonds is 2. The van der Waals surface area contributed by atoms with E-state index in [0.29, 0.717) is 34.2 Å². The first-order chi connectivity index (χ1) is 11.9. The molecular weight excluding hydrogens is 333 g/mol. The number of hydrogen-bond donors (Lipinski definition) is 1. The van der Waals surface area contributed by atoms with Crippen LogP contribution in [0.2, 0.25) is 0 Å². The van der Waals surface area contributed by atoms with E-state index in [-0.39, 0.29) is 0 Å². The lowest BCUT2D eigenvalue weighted by molar-refractivity contribution is -0.137. The van der Waals surface area contributed by atoms with Crippen LogP contribution in [0.1, 0.15) is 5.56 Å². The van der Waals surface area contributed by atoms with Gasteiger partial charge in [-0.3, -0.25) is 0 Å². The van der Waals surface area contributed by atoms with E-state index in [0.717, 1.165) is 12.1 Å². The number of pyridine rings is 1. The van der Waals surface area contributed by atoms with Crippen molar-refractivity contribution in [2.24, 2.45) is 0 Å². The van der Waals surface area contributed by atoms with E-state index in [1.807, 2.05) is 0 Å². The number of nitrogens with zero attached hydrogens (tertiary/aromatic N) is 3. The molecule has 126 valence electrons. The van der Waals surface area contributed by atoms with Gasteiger partial charge in [0, 0.05) is 0 Å². The average molecular weight is 344 g/mol. The molecule has 4 rings (SSSR count). The predicted molar refractivity (Wildman–Crippen MR) is 85.5 cm³/mol. The van der Waals surface area contributed by atoms with E-state index >= 15 is 0 Å². The van der Waals surface area contributed by atoms with E-state index in [1.165, 1.54) is 22.9 Å². The topological polar surface area (TPSA) is 69.3 Å². The van der Waals surface area contributed by atoms with Gasteiger partial charge in [0.1, 0.15) is 5.82 Å². The van der Waals surface area contributed by atoms with Gasteiger partial charge in [0.2, 0.25) is 5.82 Å². The minimum Gasteiger partial charge on any atom is -0.461 e. The Hall–Kier alpha value is -3.29. The number of anilines is 1. The molecule has 0 aliphatic carbocycles. The van der Waals surface area contributed by atoms with Crippen LogP contribution in [0.25, 0.3) is 28.4 Å². The number of hydrogen-bond acceptors (Lipinski definition) is 4. The third kappa shape index (κ3) is 2.71. The molecule has 0 aliphatic heterocycles. The zero-order chi connectivity index (χ0) is 17.6. The molecule has 0 atom stereocenters. The van der Waals surface area contributed by atoms with Crippen molar-refractivity contribution in [1.29, 1.82) is 0 Å². The van der Waals surface area contributed by atoms with Crippen molar-refractivity contribution < 1.29 is 17.6 Å². The Morgan fingerprint density at radius 3 is 2.40 bits per heavy atom. The molecule has 25 heavy (non-hydrogen) atoms. The van der Waals surface area contributed by atoms with E-state index in [2.05, 4.69) is 10.1 Å². The van der Waals surface area contributed by atoms with Crippen LogP contribution in [-0.2, 0) is 6.18 Å². The summed E-state index contributed by atoms with van der Waals surface area (Å²) in [4.78, 5) is 4.36. The Labute approximate surface area is 139 Å². The van der Waals surface area contributed by atoms with Crippen LogP contribution in [0.15, 0.2) is 59.2 Å². The van der Waals surface area contributed by atoms with E-state index in [4.69, 9.17) is 10.2 Å². The zero-order valence-corrected chi connectivity index (χ0v) is 12.7. The number of alkyl halides is 3. The van der Waals surface area contributed by atoms with Crippen LogP contribution >= 0.6 is 0 Å². The molecule has 3 heterocycles. The molecule has 0 amide bonds. The average Bonchev–Trinajstić information content (AvgIpc) is 3.23. The van der Waals surface area contributed by atoms with Gasteiger partial charge in [-0.05, 0) is 47.5 Å². The maximum Gasteiger partial charge on any atom is 0.416 e. The molecule has 0 saturated heterocycles. The summed E-state index contributed by atoms with van der Waals surface area (Å²) in [7, 11) is 0. The predicted octanol–water partition coefficient (Wildman–Crippen LogP) is 4.26. The number of benzene rings is 1. The van der Waals surface area contributed by atoms with Crippen molar-refractivity contribution >= 4 is 11.5 Å². The highest BCUT2D eigenvalue weighted by Gasteiger charge is 2.30. The Bertz CT molecular complexity index is 1030. The van der Waals surface area contributed by atoms with Gasteiger partial charge in [0.25, 0.3) is 0 Å². The number of aromatic nitrogens is 3. The van der Waals surface area contributed by atoms with Crippen molar-refractivity contribution in [2.75, 3.05) is 5.73 Å². The lowest BCUT2D eigenvalue weighted by Gasteiger charge is -2.08. The van der Waals surface area contributed by atoms with Gasteiger partial charge in [0.05, 0.1) is 11.8 Å². The Kier molecular flexibility index (Phi) is 3.28. The van der Waals surface area contributed by atoms with Gasteiger partial charge in [-0.1, -0.05) is 12.1 Å². The van der Waals surface area contributed by atoms with E-state index in [9.17, 15) is 13.2 Å². The maximum atomic E-state index is 12.7. The molecule has 5 nitrogen and oxygen atoms in total. The third-order valence-electron chi connectivity index (χ3n) is 3.75. The van der Waals surface area contributed by atoms with Gasteiger partial charge in [-0.15, -0.1) is 5.10 Å². The standard InChI is InChI=1S/C17H11F3N4O/c18-17(19,20)12-5-3-10(4-6-12)11-8-14(21)24-15(9-11)22-16(23-24)13-2-1-7-25-13/h1-9H,21H2. The minimum atomic E-state index is -4.37.